The number of aromatic nitrogens is 2. The lowest BCUT2D eigenvalue weighted by Gasteiger charge is -2.11. The Hall–Kier alpha value is -1.52. The fraction of sp³-hybridized carbons (Fsp3) is 0.600. The highest BCUT2D eigenvalue weighted by Crippen LogP contribution is 2.21. The van der Waals surface area contributed by atoms with Crippen LogP contribution in [-0.4, -0.2) is 15.7 Å². The Morgan fingerprint density at radius 3 is 2.47 bits per heavy atom. The van der Waals surface area contributed by atoms with Crippen LogP contribution in [0, 0.1) is 0 Å². The molecule has 1 heterocycles. The van der Waals surface area contributed by atoms with Crippen LogP contribution in [0.2, 0.25) is 0 Å². The van der Waals surface area contributed by atoms with E-state index in [4.69, 9.17) is 11.5 Å². The summed E-state index contributed by atoms with van der Waals surface area (Å²) in [6.45, 7) is 5.70. The van der Waals surface area contributed by atoms with Crippen molar-refractivity contribution in [2.75, 3.05) is 5.73 Å². The van der Waals surface area contributed by atoms with Gasteiger partial charge in [-0.3, -0.25) is 9.48 Å². The lowest BCUT2D eigenvalue weighted by atomic mass is 10.2. The van der Waals surface area contributed by atoms with E-state index < -0.39 is 11.9 Å². The van der Waals surface area contributed by atoms with Crippen LogP contribution in [-0.2, 0) is 17.6 Å². The quantitative estimate of drug-likeness (QED) is 0.764. The van der Waals surface area contributed by atoms with E-state index >= 15 is 0 Å². The van der Waals surface area contributed by atoms with Crippen LogP contribution in [0.15, 0.2) is 0 Å². The summed E-state index contributed by atoms with van der Waals surface area (Å²) < 4.78 is 1.64. The number of hydrogen-bond acceptors (Lipinski definition) is 3. The molecule has 0 radical (unpaired) electrons. The van der Waals surface area contributed by atoms with Gasteiger partial charge < -0.3 is 11.5 Å². The topological polar surface area (TPSA) is 86.9 Å². The maximum Gasteiger partial charge on any atom is 0.242 e. The second-order valence-electron chi connectivity index (χ2n) is 3.54. The number of rotatable bonds is 4. The zero-order valence-corrected chi connectivity index (χ0v) is 9.45. The Balaban J connectivity index is 3.22. The van der Waals surface area contributed by atoms with Crippen LogP contribution in [0.4, 0.5) is 5.69 Å². The first-order valence-electron chi connectivity index (χ1n) is 5.17. The second kappa shape index (κ2) is 4.33. The third kappa shape index (κ3) is 1.95. The number of nitrogens with zero attached hydrogens (tertiary/aromatic N) is 2. The number of primary amides is 1. The molecule has 1 atom stereocenters. The maximum atomic E-state index is 11.1. The zero-order valence-electron chi connectivity index (χ0n) is 9.45. The highest BCUT2D eigenvalue weighted by atomic mass is 16.1. The second-order valence-corrected chi connectivity index (χ2v) is 3.54. The largest absolute Gasteiger partial charge is 0.396 e. The van der Waals surface area contributed by atoms with Crippen LogP contribution in [0.5, 0.6) is 0 Å². The molecule has 1 rings (SSSR count). The van der Waals surface area contributed by atoms with E-state index in [0.29, 0.717) is 5.69 Å². The van der Waals surface area contributed by atoms with Crippen LogP contribution in [0.3, 0.4) is 0 Å². The van der Waals surface area contributed by atoms with Gasteiger partial charge in [-0.05, 0) is 19.8 Å². The van der Waals surface area contributed by atoms with Gasteiger partial charge in [0.2, 0.25) is 5.91 Å². The van der Waals surface area contributed by atoms with Crippen molar-refractivity contribution >= 4 is 11.6 Å². The third-order valence-electron chi connectivity index (χ3n) is 2.58. The fourth-order valence-electron chi connectivity index (χ4n) is 1.59. The van der Waals surface area contributed by atoms with Crippen LogP contribution >= 0.6 is 0 Å². The number of amides is 1. The van der Waals surface area contributed by atoms with Crippen molar-refractivity contribution in [3.63, 3.8) is 0 Å². The van der Waals surface area contributed by atoms with Gasteiger partial charge in [0.1, 0.15) is 6.04 Å². The summed E-state index contributed by atoms with van der Waals surface area (Å²) in [5.74, 6) is -0.394. The van der Waals surface area contributed by atoms with Crippen molar-refractivity contribution in [3.8, 4) is 0 Å². The lowest BCUT2D eigenvalue weighted by Crippen LogP contribution is -2.26. The minimum Gasteiger partial charge on any atom is -0.396 e. The number of carbonyl (C=O) groups excluding carboxylic acids is 1. The third-order valence-corrected chi connectivity index (χ3v) is 2.58. The van der Waals surface area contributed by atoms with Gasteiger partial charge in [0.05, 0.1) is 17.1 Å². The van der Waals surface area contributed by atoms with Crippen molar-refractivity contribution in [2.24, 2.45) is 5.73 Å². The Bertz CT molecular complexity index is 370. The number of nitrogen functional groups attached to an aromatic ring is 1. The molecular formula is C10H18N4O. The van der Waals surface area contributed by atoms with Gasteiger partial charge in [0, 0.05) is 0 Å². The van der Waals surface area contributed by atoms with Gasteiger partial charge in [0.25, 0.3) is 0 Å². The van der Waals surface area contributed by atoms with Crippen molar-refractivity contribution in [3.05, 3.63) is 11.4 Å². The van der Waals surface area contributed by atoms with Crippen molar-refractivity contribution in [1.29, 1.82) is 0 Å². The van der Waals surface area contributed by atoms with Gasteiger partial charge in [-0.2, -0.15) is 5.10 Å². The molecule has 0 aliphatic heterocycles. The van der Waals surface area contributed by atoms with E-state index in [1.807, 2.05) is 13.8 Å². The molecule has 5 heteroatoms. The molecule has 15 heavy (non-hydrogen) atoms. The number of carbonyl (C=O) groups is 1. The summed E-state index contributed by atoms with van der Waals surface area (Å²) in [7, 11) is 0. The summed E-state index contributed by atoms with van der Waals surface area (Å²) in [6, 6.07) is -0.442. The smallest absolute Gasteiger partial charge is 0.242 e. The predicted molar refractivity (Wildman–Crippen MR) is 59.3 cm³/mol. The summed E-state index contributed by atoms with van der Waals surface area (Å²) in [4.78, 5) is 11.1. The first-order chi connectivity index (χ1) is 7.02. The molecule has 0 aromatic carbocycles. The van der Waals surface area contributed by atoms with E-state index in [-0.39, 0.29) is 0 Å². The van der Waals surface area contributed by atoms with Crippen LogP contribution in [0.25, 0.3) is 0 Å². The van der Waals surface area contributed by atoms with Crippen molar-refractivity contribution < 1.29 is 4.79 Å². The fourth-order valence-corrected chi connectivity index (χ4v) is 1.59. The molecule has 1 amide bonds. The van der Waals surface area contributed by atoms with E-state index in [1.54, 1.807) is 11.6 Å². The van der Waals surface area contributed by atoms with Crippen LogP contribution < -0.4 is 11.5 Å². The standard InChI is InChI=1S/C10H18N4O/c1-4-7-9(11)8(5-2)14(13-7)6(3)10(12)15/h6H,4-5,11H2,1-3H3,(H2,12,15). The van der Waals surface area contributed by atoms with Gasteiger partial charge in [-0.25, -0.2) is 0 Å². The molecule has 0 bridgehead atoms. The van der Waals surface area contributed by atoms with Crippen LogP contribution in [0.1, 0.15) is 38.2 Å². The molecule has 0 aliphatic rings. The molecule has 0 saturated carbocycles. The minimum atomic E-state index is -0.442. The first-order valence-corrected chi connectivity index (χ1v) is 5.17. The van der Waals surface area contributed by atoms with E-state index in [1.165, 1.54) is 0 Å². The lowest BCUT2D eigenvalue weighted by molar-refractivity contribution is -0.121. The average molecular weight is 210 g/mol. The normalized spacial score (nSPS) is 12.7. The van der Waals surface area contributed by atoms with E-state index in [0.717, 1.165) is 24.2 Å². The summed E-state index contributed by atoms with van der Waals surface area (Å²) >= 11 is 0. The molecule has 1 aromatic heterocycles. The molecule has 0 spiro atoms. The number of hydrogen-bond donors (Lipinski definition) is 2. The van der Waals surface area contributed by atoms with Gasteiger partial charge in [-0.1, -0.05) is 13.8 Å². The highest BCUT2D eigenvalue weighted by Gasteiger charge is 2.19. The van der Waals surface area contributed by atoms with Gasteiger partial charge >= 0.3 is 0 Å². The number of nitrogens with two attached hydrogens (primary N) is 2. The summed E-state index contributed by atoms with van der Waals surface area (Å²) in [5, 5.41) is 4.31. The molecular weight excluding hydrogens is 192 g/mol. The monoisotopic (exact) mass is 210 g/mol. The molecule has 0 aliphatic carbocycles. The maximum absolute atomic E-state index is 11.1. The average Bonchev–Trinajstić information content (AvgIpc) is 2.53. The number of aryl methyl sites for hydroxylation is 1. The SMILES string of the molecule is CCc1nn(C(C)C(N)=O)c(CC)c1N. The predicted octanol–water partition coefficient (Wildman–Crippen LogP) is 0.636. The minimum absolute atomic E-state index is 0.394. The zero-order chi connectivity index (χ0) is 11.6. The molecule has 84 valence electrons. The van der Waals surface area contributed by atoms with Gasteiger partial charge in [-0.15, -0.1) is 0 Å². The summed E-state index contributed by atoms with van der Waals surface area (Å²) in [6.07, 6.45) is 1.51. The summed E-state index contributed by atoms with van der Waals surface area (Å²) in [5.41, 5.74) is 13.6. The van der Waals surface area contributed by atoms with E-state index in [9.17, 15) is 4.79 Å². The Morgan fingerprint density at radius 2 is 2.07 bits per heavy atom. The molecule has 5 nitrogen and oxygen atoms in total. The number of anilines is 1. The molecule has 1 unspecified atom stereocenters. The Labute approximate surface area is 89.4 Å². The molecule has 4 N–H and O–H groups in total. The molecule has 0 fully saturated rings. The highest BCUT2D eigenvalue weighted by molar-refractivity contribution is 5.78. The van der Waals surface area contributed by atoms with E-state index in [2.05, 4.69) is 5.10 Å². The Kier molecular flexibility index (Phi) is 3.34. The first kappa shape index (κ1) is 11.6. The van der Waals surface area contributed by atoms with Gasteiger partial charge in [0.15, 0.2) is 0 Å². The molecule has 1 aromatic rings. The Morgan fingerprint density at radius 1 is 1.47 bits per heavy atom. The van der Waals surface area contributed by atoms with Crippen molar-refractivity contribution in [1.82, 2.24) is 9.78 Å². The van der Waals surface area contributed by atoms with Crippen molar-refractivity contribution in [2.45, 2.75) is 39.7 Å². The molecule has 0 saturated heterocycles.